The molecule has 4 nitrogen and oxygen atoms in total. The zero-order chi connectivity index (χ0) is 18.4. The first-order valence-corrected chi connectivity index (χ1v) is 8.59. The number of nitrogens with one attached hydrogen (secondary N) is 1. The van der Waals surface area contributed by atoms with Crippen molar-refractivity contribution < 1.29 is 14.3 Å². The fraction of sp³-hybridized carbons (Fsp3) is 0.381. The van der Waals surface area contributed by atoms with Gasteiger partial charge in [0.05, 0.1) is 7.11 Å². The summed E-state index contributed by atoms with van der Waals surface area (Å²) in [6.07, 6.45) is -0.570. The molecule has 0 radical (unpaired) electrons. The molecule has 0 saturated carbocycles. The minimum atomic E-state index is -0.570. The van der Waals surface area contributed by atoms with Gasteiger partial charge in [-0.3, -0.25) is 4.79 Å². The topological polar surface area (TPSA) is 47.6 Å². The van der Waals surface area contributed by atoms with Gasteiger partial charge in [-0.15, -0.1) is 0 Å². The van der Waals surface area contributed by atoms with Gasteiger partial charge in [-0.25, -0.2) is 0 Å². The van der Waals surface area contributed by atoms with Crippen LogP contribution in [-0.4, -0.2) is 19.1 Å². The Morgan fingerprint density at radius 3 is 2.48 bits per heavy atom. The Kier molecular flexibility index (Phi) is 6.45. The van der Waals surface area contributed by atoms with E-state index in [1.54, 1.807) is 14.0 Å². The van der Waals surface area contributed by atoms with Crippen molar-refractivity contribution in [1.29, 1.82) is 0 Å². The third kappa shape index (κ3) is 4.99. The smallest absolute Gasteiger partial charge is 0.261 e. The molecule has 0 aliphatic rings. The SMILES string of the molecule is COc1ccccc1CNC(=O)C(C)Oc1ccc(C(C)C)c(C)c1. The molecule has 1 unspecified atom stereocenters. The Morgan fingerprint density at radius 1 is 1.12 bits per heavy atom. The summed E-state index contributed by atoms with van der Waals surface area (Å²) in [5, 5.41) is 2.89. The van der Waals surface area contributed by atoms with Gasteiger partial charge in [-0.2, -0.15) is 0 Å². The van der Waals surface area contributed by atoms with Crippen LogP contribution in [0.25, 0.3) is 0 Å². The van der Waals surface area contributed by atoms with Gasteiger partial charge in [0.25, 0.3) is 5.91 Å². The first-order valence-electron chi connectivity index (χ1n) is 8.59. The average Bonchev–Trinajstić information content (AvgIpc) is 2.59. The van der Waals surface area contributed by atoms with Crippen LogP contribution in [0.4, 0.5) is 0 Å². The van der Waals surface area contributed by atoms with Crippen LogP contribution in [0.2, 0.25) is 0 Å². The maximum absolute atomic E-state index is 12.3. The summed E-state index contributed by atoms with van der Waals surface area (Å²) in [7, 11) is 1.62. The highest BCUT2D eigenvalue weighted by molar-refractivity contribution is 5.80. The van der Waals surface area contributed by atoms with Gasteiger partial charge in [0.2, 0.25) is 0 Å². The number of benzene rings is 2. The summed E-state index contributed by atoms with van der Waals surface area (Å²) in [5.74, 6) is 1.78. The minimum absolute atomic E-state index is 0.156. The lowest BCUT2D eigenvalue weighted by Gasteiger charge is -2.17. The predicted molar refractivity (Wildman–Crippen MR) is 100 cm³/mol. The van der Waals surface area contributed by atoms with Crippen molar-refractivity contribution in [2.24, 2.45) is 0 Å². The van der Waals surface area contributed by atoms with E-state index in [0.29, 0.717) is 18.2 Å². The van der Waals surface area contributed by atoms with Crippen LogP contribution < -0.4 is 14.8 Å². The number of para-hydroxylation sites is 1. The Bertz CT molecular complexity index is 725. The number of methoxy groups -OCH3 is 1. The van der Waals surface area contributed by atoms with E-state index < -0.39 is 6.10 Å². The number of rotatable bonds is 7. The van der Waals surface area contributed by atoms with E-state index in [9.17, 15) is 4.79 Å². The third-order valence-electron chi connectivity index (χ3n) is 4.19. The van der Waals surface area contributed by atoms with Gasteiger partial charge in [0, 0.05) is 12.1 Å². The largest absolute Gasteiger partial charge is 0.496 e. The fourth-order valence-electron chi connectivity index (χ4n) is 2.80. The molecule has 2 aromatic carbocycles. The predicted octanol–water partition coefficient (Wildman–Crippen LogP) is 4.21. The highest BCUT2D eigenvalue weighted by Gasteiger charge is 2.16. The van der Waals surface area contributed by atoms with E-state index in [2.05, 4.69) is 32.2 Å². The summed E-state index contributed by atoms with van der Waals surface area (Å²) in [6.45, 7) is 8.55. The summed E-state index contributed by atoms with van der Waals surface area (Å²) >= 11 is 0. The molecular formula is C21H27NO3. The summed E-state index contributed by atoms with van der Waals surface area (Å²) < 4.78 is 11.1. The van der Waals surface area contributed by atoms with E-state index >= 15 is 0 Å². The van der Waals surface area contributed by atoms with Crippen LogP contribution >= 0.6 is 0 Å². The lowest BCUT2D eigenvalue weighted by Crippen LogP contribution is -2.36. The average molecular weight is 341 g/mol. The van der Waals surface area contributed by atoms with Crippen LogP contribution in [0, 0.1) is 6.92 Å². The van der Waals surface area contributed by atoms with Crippen LogP contribution in [0.5, 0.6) is 11.5 Å². The zero-order valence-corrected chi connectivity index (χ0v) is 15.6. The molecule has 0 aromatic heterocycles. The molecule has 2 rings (SSSR count). The van der Waals surface area contributed by atoms with E-state index in [1.807, 2.05) is 36.4 Å². The quantitative estimate of drug-likeness (QED) is 0.820. The van der Waals surface area contributed by atoms with E-state index in [0.717, 1.165) is 11.3 Å². The second kappa shape index (κ2) is 8.56. The maximum atomic E-state index is 12.3. The molecule has 0 bridgehead atoms. The van der Waals surface area contributed by atoms with Crippen molar-refractivity contribution in [2.45, 2.75) is 46.3 Å². The Balaban J connectivity index is 1.95. The van der Waals surface area contributed by atoms with Crippen molar-refractivity contribution in [2.75, 3.05) is 7.11 Å². The lowest BCUT2D eigenvalue weighted by atomic mass is 9.98. The summed E-state index contributed by atoms with van der Waals surface area (Å²) in [4.78, 5) is 12.3. The van der Waals surface area contributed by atoms with Crippen molar-refractivity contribution in [3.63, 3.8) is 0 Å². The molecule has 0 saturated heterocycles. The minimum Gasteiger partial charge on any atom is -0.496 e. The fourth-order valence-corrected chi connectivity index (χ4v) is 2.80. The van der Waals surface area contributed by atoms with E-state index in [4.69, 9.17) is 9.47 Å². The number of ether oxygens (including phenoxy) is 2. The zero-order valence-electron chi connectivity index (χ0n) is 15.6. The number of hydrogen-bond acceptors (Lipinski definition) is 3. The van der Waals surface area contributed by atoms with Crippen molar-refractivity contribution in [3.8, 4) is 11.5 Å². The molecule has 0 fully saturated rings. The molecule has 0 aliphatic carbocycles. The van der Waals surface area contributed by atoms with Gasteiger partial charge in [0.15, 0.2) is 6.10 Å². The second-order valence-electron chi connectivity index (χ2n) is 6.46. The number of carbonyl (C=O) groups excluding carboxylic acids is 1. The van der Waals surface area contributed by atoms with Gasteiger partial charge < -0.3 is 14.8 Å². The van der Waals surface area contributed by atoms with Crippen LogP contribution in [0.1, 0.15) is 43.4 Å². The van der Waals surface area contributed by atoms with Crippen LogP contribution in [-0.2, 0) is 11.3 Å². The normalized spacial score (nSPS) is 11.9. The second-order valence-corrected chi connectivity index (χ2v) is 6.46. The number of carbonyl (C=O) groups is 1. The molecule has 0 heterocycles. The molecule has 2 aromatic rings. The molecule has 25 heavy (non-hydrogen) atoms. The molecule has 0 spiro atoms. The molecule has 1 atom stereocenters. The van der Waals surface area contributed by atoms with Crippen molar-refractivity contribution >= 4 is 5.91 Å². The number of aryl methyl sites for hydroxylation is 1. The highest BCUT2D eigenvalue weighted by atomic mass is 16.5. The molecule has 1 amide bonds. The Hall–Kier alpha value is -2.49. The van der Waals surface area contributed by atoms with Gasteiger partial charge in [-0.1, -0.05) is 38.1 Å². The molecule has 134 valence electrons. The Morgan fingerprint density at radius 2 is 1.84 bits per heavy atom. The maximum Gasteiger partial charge on any atom is 0.261 e. The van der Waals surface area contributed by atoms with Crippen LogP contribution in [0.3, 0.4) is 0 Å². The van der Waals surface area contributed by atoms with Crippen molar-refractivity contribution in [1.82, 2.24) is 5.32 Å². The molecular weight excluding hydrogens is 314 g/mol. The third-order valence-corrected chi connectivity index (χ3v) is 4.19. The lowest BCUT2D eigenvalue weighted by molar-refractivity contribution is -0.127. The van der Waals surface area contributed by atoms with Gasteiger partial charge >= 0.3 is 0 Å². The standard InChI is InChI=1S/C21H27NO3/c1-14(2)19-11-10-18(12-15(19)3)25-16(4)21(23)22-13-17-8-6-7-9-20(17)24-5/h6-12,14,16H,13H2,1-5H3,(H,22,23). The van der Waals surface area contributed by atoms with Crippen molar-refractivity contribution in [3.05, 3.63) is 59.2 Å². The first kappa shape index (κ1) is 18.8. The number of amides is 1. The summed E-state index contributed by atoms with van der Waals surface area (Å²) in [6, 6.07) is 13.6. The molecule has 4 heteroatoms. The van der Waals surface area contributed by atoms with Gasteiger partial charge in [0.1, 0.15) is 11.5 Å². The first-order chi connectivity index (χ1) is 11.9. The van der Waals surface area contributed by atoms with Crippen LogP contribution in [0.15, 0.2) is 42.5 Å². The molecule has 1 N–H and O–H groups in total. The monoisotopic (exact) mass is 341 g/mol. The van der Waals surface area contributed by atoms with E-state index in [-0.39, 0.29) is 5.91 Å². The number of hydrogen-bond donors (Lipinski definition) is 1. The van der Waals surface area contributed by atoms with E-state index in [1.165, 1.54) is 11.1 Å². The Labute approximate surface area is 150 Å². The van der Waals surface area contributed by atoms with Gasteiger partial charge in [-0.05, 0) is 49.1 Å². The highest BCUT2D eigenvalue weighted by Crippen LogP contribution is 2.24. The molecule has 0 aliphatic heterocycles. The summed E-state index contributed by atoms with van der Waals surface area (Å²) in [5.41, 5.74) is 3.40.